The number of nitrogens with zero attached hydrogens (tertiary/aromatic N) is 1. The fourth-order valence-corrected chi connectivity index (χ4v) is 2.90. The second-order valence-electron chi connectivity index (χ2n) is 4.30. The first kappa shape index (κ1) is 14.2. The zero-order chi connectivity index (χ0) is 12.7. The Kier molecular flexibility index (Phi) is 6.19. The summed E-state index contributed by atoms with van der Waals surface area (Å²) in [6.07, 6.45) is 8.99. The van der Waals surface area contributed by atoms with Gasteiger partial charge in [-0.3, -0.25) is 0 Å². The maximum atomic E-state index is 12.0. The van der Waals surface area contributed by atoms with E-state index >= 15 is 0 Å². The predicted octanol–water partition coefficient (Wildman–Crippen LogP) is 2.65. The van der Waals surface area contributed by atoms with Crippen LogP contribution in [0.25, 0.3) is 0 Å². The molecule has 0 spiro atoms. The molecule has 3 nitrogen and oxygen atoms in total. The van der Waals surface area contributed by atoms with E-state index in [1.54, 1.807) is 17.1 Å². The zero-order valence-electron chi connectivity index (χ0n) is 10.5. The van der Waals surface area contributed by atoms with Gasteiger partial charge in [0.25, 0.3) is 0 Å². The molecule has 17 heavy (non-hydrogen) atoms. The van der Waals surface area contributed by atoms with Crippen molar-refractivity contribution in [3.8, 4) is 0 Å². The molecule has 1 N–H and O–H groups in total. The predicted molar refractivity (Wildman–Crippen MR) is 75.4 cm³/mol. The highest BCUT2D eigenvalue weighted by molar-refractivity contribution is 7.99. The normalized spacial score (nSPS) is 23.1. The van der Waals surface area contributed by atoms with Crippen LogP contribution in [0.2, 0.25) is 0 Å². The zero-order valence-corrected chi connectivity index (χ0v) is 11.3. The van der Waals surface area contributed by atoms with E-state index in [1.807, 2.05) is 11.8 Å². The molecule has 1 aliphatic rings. The van der Waals surface area contributed by atoms with Gasteiger partial charge in [0, 0.05) is 24.4 Å². The SMILES string of the molecule is C=CCN(CC=C)C(=O)N[C@@H]1CC[C@@H](SC)C1. The summed E-state index contributed by atoms with van der Waals surface area (Å²) in [7, 11) is 0. The van der Waals surface area contributed by atoms with E-state index < -0.39 is 0 Å². The molecule has 1 rings (SSSR count). The van der Waals surface area contributed by atoms with Gasteiger partial charge in [0.2, 0.25) is 0 Å². The second kappa shape index (κ2) is 7.43. The summed E-state index contributed by atoms with van der Waals surface area (Å²) in [6, 6.07) is 0.327. The van der Waals surface area contributed by atoms with Crippen LogP contribution in [0.5, 0.6) is 0 Å². The molecule has 0 radical (unpaired) electrons. The summed E-state index contributed by atoms with van der Waals surface area (Å²) in [6.45, 7) is 8.46. The van der Waals surface area contributed by atoms with E-state index in [-0.39, 0.29) is 6.03 Å². The molecular formula is C13H22N2OS. The van der Waals surface area contributed by atoms with E-state index in [9.17, 15) is 4.79 Å². The molecule has 96 valence electrons. The average Bonchev–Trinajstić information content (AvgIpc) is 2.76. The van der Waals surface area contributed by atoms with Crippen molar-refractivity contribution in [1.29, 1.82) is 0 Å². The maximum Gasteiger partial charge on any atom is 0.318 e. The molecule has 0 aromatic carbocycles. The minimum absolute atomic E-state index is 0.00319. The first-order valence-corrected chi connectivity index (χ1v) is 7.30. The lowest BCUT2D eigenvalue weighted by molar-refractivity contribution is 0.204. The quantitative estimate of drug-likeness (QED) is 0.739. The topological polar surface area (TPSA) is 32.3 Å². The number of rotatable bonds is 6. The van der Waals surface area contributed by atoms with Gasteiger partial charge in [-0.25, -0.2) is 4.79 Å². The number of hydrogen-bond donors (Lipinski definition) is 1. The third-order valence-corrected chi connectivity index (χ3v) is 4.13. The molecular weight excluding hydrogens is 232 g/mol. The first-order valence-electron chi connectivity index (χ1n) is 6.01. The summed E-state index contributed by atoms with van der Waals surface area (Å²) < 4.78 is 0. The molecule has 1 fully saturated rings. The Morgan fingerprint density at radius 2 is 2.06 bits per heavy atom. The van der Waals surface area contributed by atoms with Crippen molar-refractivity contribution in [3.63, 3.8) is 0 Å². The van der Waals surface area contributed by atoms with Crippen molar-refractivity contribution in [1.82, 2.24) is 10.2 Å². The van der Waals surface area contributed by atoms with Crippen molar-refractivity contribution in [2.75, 3.05) is 19.3 Å². The van der Waals surface area contributed by atoms with E-state index in [0.717, 1.165) is 12.8 Å². The number of nitrogens with one attached hydrogen (secondary N) is 1. The largest absolute Gasteiger partial charge is 0.335 e. The van der Waals surface area contributed by atoms with E-state index in [0.29, 0.717) is 24.4 Å². The van der Waals surface area contributed by atoms with Crippen LogP contribution < -0.4 is 5.32 Å². The number of amides is 2. The Morgan fingerprint density at radius 1 is 1.41 bits per heavy atom. The molecule has 2 amide bonds. The van der Waals surface area contributed by atoms with Crippen LogP contribution in [0, 0.1) is 0 Å². The molecule has 1 aliphatic carbocycles. The molecule has 0 saturated heterocycles. The highest BCUT2D eigenvalue weighted by Gasteiger charge is 2.26. The Labute approximate surface area is 108 Å². The van der Waals surface area contributed by atoms with Crippen molar-refractivity contribution in [2.45, 2.75) is 30.6 Å². The van der Waals surface area contributed by atoms with Crippen LogP contribution in [0.1, 0.15) is 19.3 Å². The summed E-state index contributed by atoms with van der Waals surface area (Å²) in [4.78, 5) is 13.7. The van der Waals surface area contributed by atoms with E-state index in [4.69, 9.17) is 0 Å². The molecule has 0 bridgehead atoms. The monoisotopic (exact) mass is 254 g/mol. The molecule has 2 atom stereocenters. The lowest BCUT2D eigenvalue weighted by atomic mass is 10.2. The first-order chi connectivity index (χ1) is 8.21. The highest BCUT2D eigenvalue weighted by atomic mass is 32.2. The fourth-order valence-electron chi connectivity index (χ4n) is 2.10. The molecule has 4 heteroatoms. The number of urea groups is 1. The van der Waals surface area contributed by atoms with Gasteiger partial charge < -0.3 is 10.2 Å². The van der Waals surface area contributed by atoms with Gasteiger partial charge in [-0.05, 0) is 25.5 Å². The smallest absolute Gasteiger partial charge is 0.318 e. The number of carbonyl (C=O) groups is 1. The van der Waals surface area contributed by atoms with Crippen LogP contribution >= 0.6 is 11.8 Å². The Bertz CT molecular complexity index is 271. The molecule has 0 aliphatic heterocycles. The molecule has 0 aromatic heterocycles. The van der Waals surface area contributed by atoms with Gasteiger partial charge >= 0.3 is 6.03 Å². The lowest BCUT2D eigenvalue weighted by Gasteiger charge is -2.22. The van der Waals surface area contributed by atoms with Gasteiger partial charge in [0.05, 0.1) is 0 Å². The third kappa shape index (κ3) is 4.46. The van der Waals surface area contributed by atoms with Gasteiger partial charge in [-0.2, -0.15) is 11.8 Å². The summed E-state index contributed by atoms with van der Waals surface area (Å²) in [5.41, 5.74) is 0. The number of carbonyl (C=O) groups excluding carboxylic acids is 1. The van der Waals surface area contributed by atoms with Crippen LogP contribution in [0.3, 0.4) is 0 Å². The summed E-state index contributed by atoms with van der Waals surface area (Å²) in [5, 5.41) is 3.79. The summed E-state index contributed by atoms with van der Waals surface area (Å²) in [5.74, 6) is 0. The van der Waals surface area contributed by atoms with Crippen molar-refractivity contribution >= 4 is 17.8 Å². The van der Waals surface area contributed by atoms with Gasteiger partial charge in [0.15, 0.2) is 0 Å². The fraction of sp³-hybridized carbons (Fsp3) is 0.615. The second-order valence-corrected chi connectivity index (χ2v) is 5.44. The number of hydrogen-bond acceptors (Lipinski definition) is 2. The van der Waals surface area contributed by atoms with E-state index in [2.05, 4.69) is 24.7 Å². The van der Waals surface area contributed by atoms with Crippen molar-refractivity contribution < 1.29 is 4.79 Å². The molecule has 0 heterocycles. The lowest BCUT2D eigenvalue weighted by Crippen LogP contribution is -2.44. The minimum Gasteiger partial charge on any atom is -0.335 e. The van der Waals surface area contributed by atoms with Gasteiger partial charge in [0.1, 0.15) is 0 Å². The molecule has 1 saturated carbocycles. The molecule has 0 unspecified atom stereocenters. The Morgan fingerprint density at radius 3 is 2.53 bits per heavy atom. The molecule has 0 aromatic rings. The van der Waals surface area contributed by atoms with Gasteiger partial charge in [-0.15, -0.1) is 13.2 Å². The van der Waals surface area contributed by atoms with Crippen LogP contribution in [0.15, 0.2) is 25.3 Å². The van der Waals surface area contributed by atoms with Crippen molar-refractivity contribution in [2.24, 2.45) is 0 Å². The van der Waals surface area contributed by atoms with E-state index in [1.165, 1.54) is 6.42 Å². The van der Waals surface area contributed by atoms with Crippen LogP contribution in [-0.2, 0) is 0 Å². The van der Waals surface area contributed by atoms with Crippen LogP contribution in [0.4, 0.5) is 4.79 Å². The Balaban J connectivity index is 2.41. The average molecular weight is 254 g/mol. The summed E-state index contributed by atoms with van der Waals surface area (Å²) >= 11 is 1.89. The van der Waals surface area contributed by atoms with Gasteiger partial charge in [-0.1, -0.05) is 12.2 Å². The van der Waals surface area contributed by atoms with Crippen molar-refractivity contribution in [3.05, 3.63) is 25.3 Å². The van der Waals surface area contributed by atoms with Crippen LogP contribution in [-0.4, -0.2) is 41.6 Å². The minimum atomic E-state index is -0.00319. The maximum absolute atomic E-state index is 12.0. The Hall–Kier alpha value is -0.900. The standard InChI is InChI=1S/C13H22N2OS/c1-4-8-15(9-5-2)13(16)14-11-6-7-12(10-11)17-3/h4-5,11-12H,1-2,6-10H2,3H3,(H,14,16)/t11-,12-/m1/s1. The number of thioether (sulfide) groups is 1. The third-order valence-electron chi connectivity index (χ3n) is 3.03. The highest BCUT2D eigenvalue weighted by Crippen LogP contribution is 2.28.